The van der Waals surface area contributed by atoms with Gasteiger partial charge in [-0.1, -0.05) is 18.2 Å². The molecule has 0 N–H and O–H groups in total. The highest BCUT2D eigenvalue weighted by molar-refractivity contribution is 5.82. The number of alkyl halides is 2. The summed E-state index contributed by atoms with van der Waals surface area (Å²) in [4.78, 5) is 10.6. The second-order valence-electron chi connectivity index (χ2n) is 3.88. The molecule has 0 unspecified atom stereocenters. The van der Waals surface area contributed by atoms with Crippen LogP contribution in [0.2, 0.25) is 0 Å². The van der Waals surface area contributed by atoms with Gasteiger partial charge >= 0.3 is 5.92 Å². The summed E-state index contributed by atoms with van der Waals surface area (Å²) in [6.07, 6.45) is 0.387. The van der Waals surface area contributed by atoms with Gasteiger partial charge in [0.2, 0.25) is 0 Å². The van der Waals surface area contributed by atoms with Crippen molar-refractivity contribution in [1.29, 1.82) is 0 Å². The minimum absolute atomic E-state index is 0.277. The first-order chi connectivity index (χ1) is 8.02. The lowest BCUT2D eigenvalue weighted by atomic mass is 10.1. The van der Waals surface area contributed by atoms with Gasteiger partial charge in [0.25, 0.3) is 0 Å². The predicted octanol–water partition coefficient (Wildman–Crippen LogP) is 3.46. The van der Waals surface area contributed by atoms with Crippen molar-refractivity contribution in [2.45, 2.75) is 32.1 Å². The zero-order chi connectivity index (χ0) is 12.7. The van der Waals surface area contributed by atoms with Crippen molar-refractivity contribution in [1.82, 2.24) is 0 Å². The van der Waals surface area contributed by atoms with Crippen LogP contribution in [-0.2, 0) is 4.79 Å². The summed E-state index contributed by atoms with van der Waals surface area (Å²) in [6, 6.07) is 9.19. The summed E-state index contributed by atoms with van der Waals surface area (Å²) in [5, 5.41) is 0. The highest BCUT2D eigenvalue weighted by Crippen LogP contribution is 2.22. The normalized spacial score (nSPS) is 11.2. The van der Waals surface area contributed by atoms with Crippen molar-refractivity contribution >= 4 is 5.78 Å². The monoisotopic (exact) mass is 242 g/mol. The molecule has 0 aliphatic carbocycles. The van der Waals surface area contributed by atoms with E-state index in [4.69, 9.17) is 4.74 Å². The first kappa shape index (κ1) is 13.6. The molecule has 0 amide bonds. The Labute approximate surface area is 99.6 Å². The van der Waals surface area contributed by atoms with Crippen molar-refractivity contribution in [2.75, 3.05) is 6.61 Å². The number of carbonyl (C=O) groups is 1. The van der Waals surface area contributed by atoms with Crippen LogP contribution in [-0.4, -0.2) is 18.3 Å². The van der Waals surface area contributed by atoms with E-state index in [2.05, 4.69) is 0 Å². The molecule has 2 nitrogen and oxygen atoms in total. The molecule has 17 heavy (non-hydrogen) atoms. The number of para-hydroxylation sites is 1. The lowest BCUT2D eigenvalue weighted by Crippen LogP contribution is -2.25. The molecule has 0 bridgehead atoms. The Kier molecular flexibility index (Phi) is 5.07. The van der Waals surface area contributed by atoms with Crippen LogP contribution in [0.1, 0.15) is 26.2 Å². The summed E-state index contributed by atoms with van der Waals surface area (Å²) in [6.45, 7) is 1.30. The van der Waals surface area contributed by atoms with Crippen LogP contribution >= 0.6 is 0 Å². The number of ether oxygens (including phenoxy) is 1. The second-order valence-corrected chi connectivity index (χ2v) is 3.88. The maximum absolute atomic E-state index is 12.9. The van der Waals surface area contributed by atoms with Gasteiger partial charge in [0.15, 0.2) is 5.78 Å². The molecule has 0 atom stereocenters. The summed E-state index contributed by atoms with van der Waals surface area (Å²) >= 11 is 0. The zero-order valence-corrected chi connectivity index (χ0v) is 9.79. The van der Waals surface area contributed by atoms with Gasteiger partial charge < -0.3 is 4.74 Å². The largest absolute Gasteiger partial charge is 0.494 e. The number of carbonyl (C=O) groups excluding carboxylic acids is 1. The van der Waals surface area contributed by atoms with E-state index in [1.165, 1.54) is 0 Å². The van der Waals surface area contributed by atoms with Crippen LogP contribution in [0.25, 0.3) is 0 Å². The first-order valence-corrected chi connectivity index (χ1v) is 5.59. The second kappa shape index (κ2) is 6.33. The average molecular weight is 242 g/mol. The third kappa shape index (κ3) is 4.93. The molecular formula is C13H16F2O2. The van der Waals surface area contributed by atoms with E-state index < -0.39 is 18.1 Å². The Morgan fingerprint density at radius 3 is 2.47 bits per heavy atom. The number of hydrogen-bond acceptors (Lipinski definition) is 2. The van der Waals surface area contributed by atoms with Gasteiger partial charge in [-0.3, -0.25) is 4.79 Å². The summed E-state index contributed by atoms with van der Waals surface area (Å²) < 4.78 is 31.2. The summed E-state index contributed by atoms with van der Waals surface area (Å²) in [7, 11) is 0. The van der Waals surface area contributed by atoms with E-state index in [1.54, 1.807) is 0 Å². The molecule has 0 saturated heterocycles. The fraction of sp³-hybridized carbons (Fsp3) is 0.462. The Morgan fingerprint density at radius 1 is 1.24 bits per heavy atom. The highest BCUT2D eigenvalue weighted by atomic mass is 19.3. The Bertz CT molecular complexity index is 350. The molecule has 0 spiro atoms. The van der Waals surface area contributed by atoms with Crippen molar-refractivity contribution in [3.05, 3.63) is 30.3 Å². The molecule has 0 fully saturated rings. The van der Waals surface area contributed by atoms with Gasteiger partial charge in [-0.15, -0.1) is 0 Å². The van der Waals surface area contributed by atoms with Gasteiger partial charge in [0, 0.05) is 13.3 Å². The van der Waals surface area contributed by atoms with Crippen molar-refractivity contribution in [3.8, 4) is 5.75 Å². The number of hydrogen-bond donors (Lipinski definition) is 0. The van der Waals surface area contributed by atoms with E-state index in [0.717, 1.165) is 12.7 Å². The maximum atomic E-state index is 12.9. The lowest BCUT2D eigenvalue weighted by molar-refractivity contribution is -0.141. The summed E-state index contributed by atoms with van der Waals surface area (Å²) in [5.74, 6) is -3.53. The first-order valence-electron chi connectivity index (χ1n) is 5.59. The Morgan fingerprint density at radius 2 is 1.88 bits per heavy atom. The Hall–Kier alpha value is -1.45. The van der Waals surface area contributed by atoms with E-state index >= 15 is 0 Å². The average Bonchev–Trinajstić information content (AvgIpc) is 2.29. The van der Waals surface area contributed by atoms with Crippen LogP contribution in [0, 0.1) is 0 Å². The molecule has 0 heterocycles. The third-order valence-corrected chi connectivity index (χ3v) is 2.41. The fourth-order valence-electron chi connectivity index (χ4n) is 1.33. The number of Topliss-reactive ketones (excluding diaryl/α,β-unsaturated/α-hetero) is 1. The highest BCUT2D eigenvalue weighted by Gasteiger charge is 2.33. The fourth-order valence-corrected chi connectivity index (χ4v) is 1.33. The molecule has 0 radical (unpaired) electrons. The van der Waals surface area contributed by atoms with Crippen LogP contribution in [0.5, 0.6) is 5.75 Å². The van der Waals surface area contributed by atoms with Gasteiger partial charge in [0.1, 0.15) is 5.75 Å². The number of benzene rings is 1. The minimum atomic E-state index is -3.19. The number of halogens is 2. The predicted molar refractivity (Wildman–Crippen MR) is 61.4 cm³/mol. The van der Waals surface area contributed by atoms with Gasteiger partial charge in [-0.25, -0.2) is 0 Å². The quantitative estimate of drug-likeness (QED) is 0.684. The maximum Gasteiger partial charge on any atom is 0.304 e. The van der Waals surface area contributed by atoms with Gasteiger partial charge in [-0.05, 0) is 25.0 Å². The van der Waals surface area contributed by atoms with Gasteiger partial charge in [-0.2, -0.15) is 8.78 Å². The molecule has 4 heteroatoms. The third-order valence-electron chi connectivity index (χ3n) is 2.41. The van der Waals surface area contributed by atoms with Crippen LogP contribution < -0.4 is 4.74 Å². The summed E-state index contributed by atoms with van der Waals surface area (Å²) in [5.41, 5.74) is 0. The number of ketones is 1. The van der Waals surface area contributed by atoms with Gasteiger partial charge in [0.05, 0.1) is 6.61 Å². The smallest absolute Gasteiger partial charge is 0.304 e. The molecule has 0 aliphatic heterocycles. The van der Waals surface area contributed by atoms with Crippen molar-refractivity contribution in [3.63, 3.8) is 0 Å². The van der Waals surface area contributed by atoms with Crippen LogP contribution in [0.4, 0.5) is 8.78 Å². The zero-order valence-electron chi connectivity index (χ0n) is 9.79. The SMILES string of the molecule is CC(=O)C(F)(F)CCCCOc1ccccc1. The van der Waals surface area contributed by atoms with E-state index in [0.29, 0.717) is 13.0 Å². The van der Waals surface area contributed by atoms with E-state index in [-0.39, 0.29) is 6.42 Å². The lowest BCUT2D eigenvalue weighted by Gasteiger charge is -2.12. The molecule has 0 aromatic heterocycles. The molecular weight excluding hydrogens is 226 g/mol. The molecule has 1 aromatic carbocycles. The standard InChI is InChI=1S/C13H16F2O2/c1-11(16)13(14,15)9-5-6-10-17-12-7-3-2-4-8-12/h2-4,7-8H,5-6,9-10H2,1H3. The van der Waals surface area contributed by atoms with Crippen LogP contribution in [0.15, 0.2) is 30.3 Å². The van der Waals surface area contributed by atoms with Crippen LogP contribution in [0.3, 0.4) is 0 Å². The molecule has 1 aromatic rings. The van der Waals surface area contributed by atoms with E-state index in [1.807, 2.05) is 30.3 Å². The molecule has 0 aliphatic rings. The minimum Gasteiger partial charge on any atom is -0.494 e. The van der Waals surface area contributed by atoms with E-state index in [9.17, 15) is 13.6 Å². The number of rotatable bonds is 7. The van der Waals surface area contributed by atoms with Crippen molar-refractivity contribution < 1.29 is 18.3 Å². The number of unbranched alkanes of at least 4 members (excludes halogenated alkanes) is 1. The van der Waals surface area contributed by atoms with Crippen molar-refractivity contribution in [2.24, 2.45) is 0 Å². The Balaban J connectivity index is 2.15. The topological polar surface area (TPSA) is 26.3 Å². The molecule has 94 valence electrons. The molecule has 1 rings (SSSR count). The molecule has 0 saturated carbocycles.